The molecule has 3 aliphatic rings. The molecule has 1 aliphatic carbocycles. The third-order valence-corrected chi connectivity index (χ3v) is 7.19. The van der Waals surface area contributed by atoms with E-state index < -0.39 is 11.0 Å². The highest BCUT2D eigenvalue weighted by atomic mass is 16.3. The summed E-state index contributed by atoms with van der Waals surface area (Å²) in [6.45, 7) is 0.564. The van der Waals surface area contributed by atoms with E-state index in [9.17, 15) is 9.59 Å². The van der Waals surface area contributed by atoms with Gasteiger partial charge in [-0.25, -0.2) is 0 Å². The minimum atomic E-state index is -1.07. The van der Waals surface area contributed by atoms with Crippen LogP contribution < -0.4 is 5.32 Å². The molecular weight excluding hydrogens is 364 g/mol. The molecule has 3 atom stereocenters. The number of fused-ring (bicyclic) bond motifs is 4. The van der Waals surface area contributed by atoms with E-state index in [1.54, 1.807) is 6.26 Å². The second kappa shape index (κ2) is 5.45. The zero-order valence-corrected chi connectivity index (χ0v) is 16.0. The van der Waals surface area contributed by atoms with Crippen molar-refractivity contribution in [2.45, 2.75) is 17.9 Å². The number of ketones is 1. The van der Waals surface area contributed by atoms with Crippen LogP contribution in [0.1, 0.15) is 33.2 Å². The first-order valence-electron chi connectivity index (χ1n) is 9.89. The summed E-state index contributed by atoms with van der Waals surface area (Å²) >= 11 is 0. The Morgan fingerprint density at radius 2 is 1.83 bits per heavy atom. The van der Waals surface area contributed by atoms with Crippen LogP contribution in [0.5, 0.6) is 0 Å². The van der Waals surface area contributed by atoms with Gasteiger partial charge in [-0.05, 0) is 37.2 Å². The summed E-state index contributed by atoms with van der Waals surface area (Å²) in [7, 11) is 1.95. The average Bonchev–Trinajstić information content (AvgIpc) is 3.46. The largest absolute Gasteiger partial charge is 0.469 e. The van der Waals surface area contributed by atoms with Crippen LogP contribution in [0.3, 0.4) is 0 Å². The predicted octanol–water partition coefficient (Wildman–Crippen LogP) is 3.58. The predicted molar refractivity (Wildman–Crippen MR) is 108 cm³/mol. The van der Waals surface area contributed by atoms with Gasteiger partial charge in [0, 0.05) is 29.3 Å². The molecule has 5 nitrogen and oxygen atoms in total. The average molecular weight is 384 g/mol. The van der Waals surface area contributed by atoms with Gasteiger partial charge >= 0.3 is 0 Å². The van der Waals surface area contributed by atoms with Gasteiger partial charge in [-0.1, -0.05) is 42.5 Å². The molecule has 29 heavy (non-hydrogen) atoms. The fourth-order valence-electron chi connectivity index (χ4n) is 6.14. The zero-order valence-electron chi connectivity index (χ0n) is 16.0. The summed E-state index contributed by atoms with van der Waals surface area (Å²) in [5, 5.41) is 3.06. The summed E-state index contributed by atoms with van der Waals surface area (Å²) in [4.78, 5) is 29.9. The van der Waals surface area contributed by atoms with E-state index in [0.717, 1.165) is 28.1 Å². The Bertz CT molecular complexity index is 1170. The van der Waals surface area contributed by atoms with E-state index in [-0.39, 0.29) is 17.6 Å². The van der Waals surface area contributed by atoms with E-state index in [0.29, 0.717) is 13.0 Å². The second-order valence-corrected chi connectivity index (χ2v) is 8.29. The molecule has 0 radical (unpaired) electrons. The van der Waals surface area contributed by atoms with Crippen LogP contribution in [-0.4, -0.2) is 30.2 Å². The smallest absolute Gasteiger partial charge is 0.250 e. The van der Waals surface area contributed by atoms with Crippen LogP contribution in [0.15, 0.2) is 71.3 Å². The van der Waals surface area contributed by atoms with Crippen molar-refractivity contribution in [2.24, 2.45) is 5.41 Å². The topological polar surface area (TPSA) is 62.6 Å². The lowest BCUT2D eigenvalue weighted by atomic mass is 9.59. The molecule has 2 spiro atoms. The number of rotatable bonds is 1. The number of amides is 1. The van der Waals surface area contributed by atoms with Crippen LogP contribution in [0.2, 0.25) is 0 Å². The van der Waals surface area contributed by atoms with Gasteiger partial charge in [0.15, 0.2) is 5.78 Å². The Labute approximate surface area is 168 Å². The number of para-hydroxylation sites is 1. The van der Waals surface area contributed by atoms with E-state index in [2.05, 4.69) is 10.2 Å². The van der Waals surface area contributed by atoms with Gasteiger partial charge in [-0.2, -0.15) is 0 Å². The molecule has 2 aromatic carbocycles. The van der Waals surface area contributed by atoms with Gasteiger partial charge in [-0.15, -0.1) is 0 Å². The number of hydrogen-bond donors (Lipinski definition) is 1. The Hall–Kier alpha value is -3.18. The van der Waals surface area contributed by atoms with Gasteiger partial charge in [0.2, 0.25) is 0 Å². The van der Waals surface area contributed by atoms with Crippen molar-refractivity contribution in [3.8, 4) is 0 Å². The number of carbonyl (C=O) groups is 2. The summed E-state index contributed by atoms with van der Waals surface area (Å²) in [5.41, 5.74) is 1.35. The maximum Gasteiger partial charge on any atom is 0.250 e. The first kappa shape index (κ1) is 16.7. The van der Waals surface area contributed by atoms with Crippen molar-refractivity contribution in [3.63, 3.8) is 0 Å². The molecule has 5 heteroatoms. The molecule has 144 valence electrons. The van der Waals surface area contributed by atoms with E-state index in [4.69, 9.17) is 4.42 Å². The van der Waals surface area contributed by atoms with Gasteiger partial charge in [0.1, 0.15) is 11.3 Å². The Morgan fingerprint density at radius 3 is 2.62 bits per heavy atom. The lowest BCUT2D eigenvalue weighted by molar-refractivity contribution is -0.130. The molecule has 1 amide bonds. The number of anilines is 1. The number of nitrogens with one attached hydrogen (secondary N) is 1. The molecule has 0 bridgehead atoms. The molecule has 1 N–H and O–H groups in total. The third-order valence-electron chi connectivity index (χ3n) is 7.19. The summed E-state index contributed by atoms with van der Waals surface area (Å²) in [5.74, 6) is 0.438. The lowest BCUT2D eigenvalue weighted by Crippen LogP contribution is -2.58. The minimum absolute atomic E-state index is 0.0331. The fourth-order valence-corrected chi connectivity index (χ4v) is 6.14. The van der Waals surface area contributed by atoms with Gasteiger partial charge in [-0.3, -0.25) is 14.5 Å². The second-order valence-electron chi connectivity index (χ2n) is 8.29. The normalized spacial score (nSPS) is 30.2. The number of likely N-dealkylation sites (tertiary alicyclic amines) is 1. The Kier molecular flexibility index (Phi) is 3.15. The molecule has 1 saturated heterocycles. The summed E-state index contributed by atoms with van der Waals surface area (Å²) < 4.78 is 5.82. The number of nitrogens with zero attached hydrogens (tertiary/aromatic N) is 1. The van der Waals surface area contributed by atoms with Crippen molar-refractivity contribution in [1.82, 2.24) is 4.90 Å². The van der Waals surface area contributed by atoms with Crippen LogP contribution >= 0.6 is 0 Å². The maximum absolute atomic E-state index is 14.1. The molecule has 6 rings (SSSR count). The summed E-state index contributed by atoms with van der Waals surface area (Å²) in [6, 6.07) is 19.3. The summed E-state index contributed by atoms with van der Waals surface area (Å²) in [6.07, 6.45) is 2.16. The lowest BCUT2D eigenvalue weighted by Gasteiger charge is -2.43. The van der Waals surface area contributed by atoms with Crippen LogP contribution in [0.4, 0.5) is 5.69 Å². The molecule has 3 aromatic rings. The number of likely N-dealkylation sites (N-methyl/N-ethyl adjacent to an activating group) is 1. The Balaban J connectivity index is 1.69. The van der Waals surface area contributed by atoms with Gasteiger partial charge < -0.3 is 9.73 Å². The monoisotopic (exact) mass is 384 g/mol. The van der Waals surface area contributed by atoms with Crippen molar-refractivity contribution in [1.29, 1.82) is 0 Å². The van der Waals surface area contributed by atoms with E-state index >= 15 is 0 Å². The number of benzene rings is 2. The zero-order chi connectivity index (χ0) is 19.8. The van der Waals surface area contributed by atoms with Gasteiger partial charge in [0.05, 0.1) is 11.7 Å². The molecule has 1 fully saturated rings. The van der Waals surface area contributed by atoms with Crippen molar-refractivity contribution in [3.05, 3.63) is 89.4 Å². The first-order valence-corrected chi connectivity index (χ1v) is 9.89. The maximum atomic E-state index is 14.1. The highest BCUT2D eigenvalue weighted by Crippen LogP contribution is 2.66. The highest BCUT2D eigenvalue weighted by molar-refractivity contribution is 6.16. The first-order chi connectivity index (χ1) is 14.1. The van der Waals surface area contributed by atoms with Crippen molar-refractivity contribution < 1.29 is 14.0 Å². The Morgan fingerprint density at radius 1 is 1.03 bits per heavy atom. The third kappa shape index (κ3) is 1.75. The highest BCUT2D eigenvalue weighted by Gasteiger charge is 2.75. The van der Waals surface area contributed by atoms with Crippen molar-refractivity contribution in [2.75, 3.05) is 18.9 Å². The van der Waals surface area contributed by atoms with Crippen LogP contribution in [0, 0.1) is 5.41 Å². The number of furan rings is 1. The molecule has 0 unspecified atom stereocenters. The molecule has 2 aliphatic heterocycles. The van der Waals surface area contributed by atoms with Crippen LogP contribution in [-0.2, 0) is 16.8 Å². The number of hydrogen-bond acceptors (Lipinski definition) is 4. The van der Waals surface area contributed by atoms with Gasteiger partial charge in [0.25, 0.3) is 5.91 Å². The molecule has 1 aromatic heterocycles. The van der Waals surface area contributed by atoms with E-state index in [1.165, 1.54) is 0 Å². The quantitative estimate of drug-likeness (QED) is 0.697. The molecule has 3 heterocycles. The number of Topliss-reactive ketones (excluding diaryl/α,β-unsaturated/α-hetero) is 1. The van der Waals surface area contributed by atoms with Crippen molar-refractivity contribution >= 4 is 17.4 Å². The molecular formula is C24H20N2O3. The standard InChI is InChI=1S/C24H20N2O3/c1-26-14-18(20-11-6-12-29-20)23(13-15-7-2-3-8-16(15)21(23)27)24(26)17-9-4-5-10-19(17)25-22(24)28/h2-12,18H,13-14H2,1H3,(H,25,28)/t18-,23+,24+/m0/s1. The number of carbonyl (C=O) groups excluding carboxylic acids is 2. The van der Waals surface area contributed by atoms with E-state index in [1.807, 2.05) is 67.7 Å². The minimum Gasteiger partial charge on any atom is -0.469 e. The SMILES string of the molecule is CN1C[C@@H](c2ccco2)[C@@]2(Cc3ccccc3C2=O)[C@@]12C(=O)Nc1ccccc12. The molecule has 0 saturated carbocycles. The van der Waals surface area contributed by atoms with Crippen LogP contribution in [0.25, 0.3) is 0 Å². The fraction of sp³-hybridized carbons (Fsp3) is 0.250.